The highest BCUT2D eigenvalue weighted by Crippen LogP contribution is 2.68. The first-order valence-corrected chi connectivity index (χ1v) is 23.4. The van der Waals surface area contributed by atoms with Crippen LogP contribution in [0.4, 0.5) is 28.4 Å². The average Bonchev–Trinajstić information content (AvgIpc) is 4.12. The Labute approximate surface area is 388 Å². The van der Waals surface area contributed by atoms with Crippen LogP contribution in [0.25, 0.3) is 66.1 Å². The third-order valence-corrected chi connectivity index (χ3v) is 14.7. The van der Waals surface area contributed by atoms with E-state index in [-0.39, 0.29) is 0 Å². The topological polar surface area (TPSA) is 32.8 Å². The van der Waals surface area contributed by atoms with Crippen molar-refractivity contribution in [1.29, 1.82) is 0 Å². The molecule has 0 N–H and O–H groups in total. The molecule has 0 saturated heterocycles. The highest BCUT2D eigenvalue weighted by Gasteiger charge is 2.55. The molecule has 2 heterocycles. The molecule has 0 saturated carbocycles. The lowest BCUT2D eigenvalue weighted by molar-refractivity contribution is 0.665. The molecule has 0 aliphatic heterocycles. The molecule has 0 unspecified atom stereocenters. The van der Waals surface area contributed by atoms with Gasteiger partial charge in [-0.1, -0.05) is 152 Å². The fraction of sp³-hybridized carbons (Fsp3) is 0.0794. The van der Waals surface area contributed by atoms with E-state index in [4.69, 9.17) is 8.83 Å². The van der Waals surface area contributed by atoms with E-state index in [1.54, 1.807) is 0 Å². The number of nitrogens with zero attached hydrogens (tertiary/aromatic N) is 2. The summed E-state index contributed by atoms with van der Waals surface area (Å²) >= 11 is 0. The normalized spacial score (nSPS) is 14.3. The van der Waals surface area contributed by atoms with Crippen molar-refractivity contribution in [1.82, 2.24) is 0 Å². The van der Waals surface area contributed by atoms with Crippen molar-refractivity contribution in [2.24, 2.45) is 0 Å². The molecule has 11 aromatic rings. The molecule has 4 heteroatoms. The summed E-state index contributed by atoms with van der Waals surface area (Å²) in [6.07, 6.45) is 6.80. The van der Waals surface area contributed by atoms with E-state index >= 15 is 0 Å². The second-order valence-electron chi connectivity index (χ2n) is 18.3. The predicted molar refractivity (Wildman–Crippen MR) is 276 cm³/mol. The van der Waals surface area contributed by atoms with E-state index in [2.05, 4.69) is 230 Å². The smallest absolute Gasteiger partial charge is 0.145 e. The number of furan rings is 2. The maximum absolute atomic E-state index is 7.41. The first kappa shape index (κ1) is 38.0. The van der Waals surface area contributed by atoms with Crippen LogP contribution in [-0.2, 0) is 5.41 Å². The molecule has 0 fully saturated rings. The highest BCUT2D eigenvalue weighted by atomic mass is 16.3. The van der Waals surface area contributed by atoms with Gasteiger partial charge >= 0.3 is 0 Å². The third kappa shape index (κ3) is 5.18. The lowest BCUT2D eigenvalue weighted by Crippen LogP contribution is -2.27. The molecular weight excluding hydrogens is 817 g/mol. The van der Waals surface area contributed by atoms with Gasteiger partial charge in [0.15, 0.2) is 0 Å². The van der Waals surface area contributed by atoms with E-state index in [1.807, 2.05) is 0 Å². The molecule has 0 amide bonds. The van der Waals surface area contributed by atoms with E-state index in [1.165, 1.54) is 50.2 Å². The Kier molecular flexibility index (Phi) is 8.12. The summed E-state index contributed by atoms with van der Waals surface area (Å²) in [7, 11) is 0. The van der Waals surface area contributed by atoms with Gasteiger partial charge < -0.3 is 18.6 Å². The minimum absolute atomic E-state index is 0.760. The van der Waals surface area contributed by atoms with Gasteiger partial charge in [0.25, 0.3) is 0 Å². The number of anilines is 5. The van der Waals surface area contributed by atoms with Crippen LogP contribution in [-0.4, -0.2) is 0 Å². The number of hydrogen-bond acceptors (Lipinski definition) is 4. The third-order valence-electron chi connectivity index (χ3n) is 14.7. The van der Waals surface area contributed by atoms with Gasteiger partial charge in [0, 0.05) is 44.7 Å². The zero-order valence-electron chi connectivity index (χ0n) is 37.3. The Balaban J connectivity index is 1.22. The summed E-state index contributed by atoms with van der Waals surface area (Å²) in [5.41, 5.74) is 21.2. The molecule has 1 spiro atoms. The average molecular weight is 861 g/mol. The van der Waals surface area contributed by atoms with Crippen molar-refractivity contribution >= 4 is 72.3 Å². The summed E-state index contributed by atoms with van der Waals surface area (Å²) in [6.45, 7) is 4.47. The molecule has 0 bridgehead atoms. The van der Waals surface area contributed by atoms with E-state index in [9.17, 15) is 0 Å². The Morgan fingerprint density at radius 2 is 0.881 bits per heavy atom. The molecule has 0 atom stereocenters. The molecule has 3 aliphatic carbocycles. The molecule has 0 radical (unpaired) electrons. The van der Waals surface area contributed by atoms with Crippen molar-refractivity contribution in [2.45, 2.75) is 32.1 Å². The Bertz CT molecular complexity index is 3860. The fourth-order valence-electron chi connectivity index (χ4n) is 12.0. The Morgan fingerprint density at radius 1 is 0.418 bits per heavy atom. The van der Waals surface area contributed by atoms with Gasteiger partial charge in [0.1, 0.15) is 22.3 Å². The molecule has 9 aromatic carbocycles. The number of allylic oxidation sites excluding steroid dienone is 3. The quantitative estimate of drug-likeness (QED) is 0.167. The number of aryl methyl sites for hydroxylation is 1. The van der Waals surface area contributed by atoms with Gasteiger partial charge in [-0.3, -0.25) is 0 Å². The van der Waals surface area contributed by atoms with Gasteiger partial charge in [-0.15, -0.1) is 0 Å². The van der Waals surface area contributed by atoms with Crippen LogP contribution >= 0.6 is 0 Å². The lowest BCUT2D eigenvalue weighted by atomic mass is 9.70. The van der Waals surface area contributed by atoms with Crippen LogP contribution in [0.5, 0.6) is 0 Å². The Hall–Kier alpha value is -8.34. The van der Waals surface area contributed by atoms with Crippen LogP contribution < -0.4 is 9.80 Å². The van der Waals surface area contributed by atoms with Crippen LogP contribution in [0, 0.1) is 6.92 Å². The highest BCUT2D eigenvalue weighted by molar-refractivity contribution is 6.25. The summed E-state index contributed by atoms with van der Waals surface area (Å²) < 4.78 is 14.8. The number of benzene rings is 9. The van der Waals surface area contributed by atoms with E-state index in [0.717, 1.165) is 96.3 Å². The van der Waals surface area contributed by atoms with Gasteiger partial charge in [-0.2, -0.15) is 0 Å². The predicted octanol–water partition coefficient (Wildman–Crippen LogP) is 17.4. The van der Waals surface area contributed by atoms with E-state index < -0.39 is 5.41 Å². The SMILES string of the molecule is CC1=CCCC=C1N(c1ccccc1)c1cc2c(c3oc4ccccc4c13)-c1c(cc(N(c3ccccc3)c3ccccc3C)c3c1oc1ccccc13)C21c2ccccc2-c2ccccc21. The van der Waals surface area contributed by atoms with E-state index in [0.29, 0.717) is 0 Å². The van der Waals surface area contributed by atoms with Crippen molar-refractivity contribution in [3.63, 3.8) is 0 Å². The summed E-state index contributed by atoms with van der Waals surface area (Å²) in [5, 5.41) is 4.30. The van der Waals surface area contributed by atoms with Crippen LogP contribution in [0.2, 0.25) is 0 Å². The van der Waals surface area contributed by atoms with Gasteiger partial charge in [0.05, 0.1) is 27.6 Å². The maximum atomic E-state index is 7.41. The summed E-state index contributed by atoms with van der Waals surface area (Å²) in [6, 6.07) is 70.7. The minimum Gasteiger partial charge on any atom is -0.455 e. The molecular formula is C63H44N2O2. The van der Waals surface area contributed by atoms with Crippen LogP contribution in [0.1, 0.15) is 47.6 Å². The lowest BCUT2D eigenvalue weighted by Gasteiger charge is -2.34. The largest absolute Gasteiger partial charge is 0.455 e. The second-order valence-corrected chi connectivity index (χ2v) is 18.3. The molecule has 2 aromatic heterocycles. The van der Waals surface area contributed by atoms with Crippen LogP contribution in [0.3, 0.4) is 0 Å². The first-order chi connectivity index (χ1) is 33.1. The maximum Gasteiger partial charge on any atom is 0.145 e. The molecule has 318 valence electrons. The van der Waals surface area contributed by atoms with Gasteiger partial charge in [-0.25, -0.2) is 0 Å². The van der Waals surface area contributed by atoms with Crippen molar-refractivity contribution in [3.05, 3.63) is 245 Å². The van der Waals surface area contributed by atoms with Crippen molar-refractivity contribution < 1.29 is 8.83 Å². The van der Waals surface area contributed by atoms with Crippen molar-refractivity contribution in [2.75, 3.05) is 9.80 Å². The number of para-hydroxylation sites is 5. The minimum atomic E-state index is -0.760. The zero-order chi connectivity index (χ0) is 44.4. The standard InChI is InChI=1S/C63H44N2O2/c1-39-21-9-17-33-51(39)64(41-23-5-3-6-24-41)53-37-49-59(61-57(53)45-29-13-19-35-55(45)66-61)60-50(63(49)47-31-15-11-27-43(47)44-28-12-16-32-48(44)63)38-54(58-46-30-14-20-36-56(46)67-62(58)60)65(42-25-7-4-8-26-42)52-34-18-10-22-40(52)2/h3-9,11-17,19-38H,10,18H2,1-2H3. The van der Waals surface area contributed by atoms with Gasteiger partial charge in [0.2, 0.25) is 0 Å². The Morgan fingerprint density at radius 3 is 1.45 bits per heavy atom. The number of rotatable bonds is 6. The summed E-state index contributed by atoms with van der Waals surface area (Å²) in [5.74, 6) is 0. The molecule has 67 heavy (non-hydrogen) atoms. The first-order valence-electron chi connectivity index (χ1n) is 23.4. The monoisotopic (exact) mass is 860 g/mol. The van der Waals surface area contributed by atoms with Crippen LogP contribution in [0.15, 0.2) is 226 Å². The molecule has 14 rings (SSSR count). The summed E-state index contributed by atoms with van der Waals surface area (Å²) in [4.78, 5) is 4.95. The second kappa shape index (κ2) is 14.3. The molecule has 3 aliphatic rings. The van der Waals surface area contributed by atoms with Gasteiger partial charge in [-0.05, 0) is 126 Å². The number of hydrogen-bond donors (Lipinski definition) is 0. The van der Waals surface area contributed by atoms with Crippen molar-refractivity contribution in [3.8, 4) is 22.3 Å². The molecule has 4 nitrogen and oxygen atoms in total. The fourth-order valence-corrected chi connectivity index (χ4v) is 12.0. The number of fused-ring (bicyclic) bond motifs is 18. The zero-order valence-corrected chi connectivity index (χ0v) is 37.3.